The van der Waals surface area contributed by atoms with Gasteiger partial charge in [0.15, 0.2) is 11.5 Å². The van der Waals surface area contributed by atoms with Gasteiger partial charge in [-0.15, -0.1) is 0 Å². The molecule has 0 bridgehead atoms. The van der Waals surface area contributed by atoms with Crippen molar-refractivity contribution >= 4 is 5.97 Å². The number of hydrogen-bond donors (Lipinski definition) is 0. The SMILES string of the molecule is COc1ccc(C(=O)Oc2ccc(C#N)cc2OC)cn1. The minimum absolute atomic E-state index is 0.234. The minimum atomic E-state index is -0.576. The van der Waals surface area contributed by atoms with Gasteiger partial charge in [-0.25, -0.2) is 9.78 Å². The largest absolute Gasteiger partial charge is 0.493 e. The maximum atomic E-state index is 12.0. The van der Waals surface area contributed by atoms with Crippen molar-refractivity contribution in [2.75, 3.05) is 14.2 Å². The summed E-state index contributed by atoms with van der Waals surface area (Å²) in [5.74, 6) is 0.372. The number of carbonyl (C=O) groups excluding carboxylic acids is 1. The number of aromatic nitrogens is 1. The first-order valence-electron chi connectivity index (χ1n) is 5.98. The molecule has 0 amide bonds. The maximum Gasteiger partial charge on any atom is 0.345 e. The van der Waals surface area contributed by atoms with E-state index >= 15 is 0 Å². The number of pyridine rings is 1. The number of rotatable bonds is 4. The Kier molecular flexibility index (Phi) is 4.36. The maximum absolute atomic E-state index is 12.0. The van der Waals surface area contributed by atoms with Gasteiger partial charge in [0.05, 0.1) is 31.4 Å². The predicted octanol–water partition coefficient (Wildman–Crippen LogP) is 2.19. The van der Waals surface area contributed by atoms with Crippen LogP contribution in [0.3, 0.4) is 0 Å². The van der Waals surface area contributed by atoms with E-state index in [-0.39, 0.29) is 11.3 Å². The summed E-state index contributed by atoms with van der Waals surface area (Å²) >= 11 is 0. The molecular formula is C15H12N2O4. The van der Waals surface area contributed by atoms with E-state index in [1.165, 1.54) is 38.6 Å². The van der Waals surface area contributed by atoms with Gasteiger partial charge < -0.3 is 14.2 Å². The lowest BCUT2D eigenvalue weighted by molar-refractivity contribution is 0.0729. The van der Waals surface area contributed by atoms with Crippen LogP contribution in [0.25, 0.3) is 0 Å². The van der Waals surface area contributed by atoms with Gasteiger partial charge in [0.1, 0.15) is 0 Å². The molecule has 0 atom stereocenters. The third-order valence-electron chi connectivity index (χ3n) is 2.68. The molecule has 106 valence electrons. The van der Waals surface area contributed by atoms with Crippen LogP contribution in [0.4, 0.5) is 0 Å². The lowest BCUT2D eigenvalue weighted by Crippen LogP contribution is -2.09. The summed E-state index contributed by atoms with van der Waals surface area (Å²) in [5, 5.41) is 8.82. The van der Waals surface area contributed by atoms with Crippen LogP contribution in [0, 0.1) is 11.3 Å². The Morgan fingerprint density at radius 2 is 1.95 bits per heavy atom. The number of esters is 1. The summed E-state index contributed by atoms with van der Waals surface area (Å²) < 4.78 is 15.3. The van der Waals surface area contributed by atoms with Crippen LogP contribution in [0.2, 0.25) is 0 Å². The highest BCUT2D eigenvalue weighted by Crippen LogP contribution is 2.28. The topological polar surface area (TPSA) is 81.4 Å². The highest BCUT2D eigenvalue weighted by Gasteiger charge is 2.13. The van der Waals surface area contributed by atoms with Gasteiger partial charge >= 0.3 is 5.97 Å². The molecule has 1 aromatic carbocycles. The third-order valence-corrected chi connectivity index (χ3v) is 2.68. The lowest BCUT2D eigenvalue weighted by Gasteiger charge is -2.09. The fraction of sp³-hybridized carbons (Fsp3) is 0.133. The highest BCUT2D eigenvalue weighted by molar-refractivity contribution is 5.91. The highest BCUT2D eigenvalue weighted by atomic mass is 16.6. The lowest BCUT2D eigenvalue weighted by atomic mass is 10.2. The standard InChI is InChI=1S/C15H12N2O4/c1-19-13-7-10(8-16)3-5-12(13)21-15(18)11-4-6-14(20-2)17-9-11/h3-7,9H,1-2H3. The molecule has 1 heterocycles. The van der Waals surface area contributed by atoms with E-state index in [0.717, 1.165) is 0 Å². The number of methoxy groups -OCH3 is 2. The van der Waals surface area contributed by atoms with E-state index in [0.29, 0.717) is 17.2 Å². The first kappa shape index (κ1) is 14.3. The van der Waals surface area contributed by atoms with Crippen LogP contribution in [0.15, 0.2) is 36.5 Å². The predicted molar refractivity (Wildman–Crippen MR) is 73.5 cm³/mol. The molecule has 1 aromatic heterocycles. The molecule has 0 saturated heterocycles. The van der Waals surface area contributed by atoms with Crippen molar-refractivity contribution in [3.05, 3.63) is 47.7 Å². The van der Waals surface area contributed by atoms with E-state index < -0.39 is 5.97 Å². The zero-order chi connectivity index (χ0) is 15.2. The number of nitriles is 1. The molecule has 0 radical (unpaired) electrons. The van der Waals surface area contributed by atoms with Crippen LogP contribution in [-0.4, -0.2) is 25.2 Å². The van der Waals surface area contributed by atoms with Crippen LogP contribution < -0.4 is 14.2 Å². The van der Waals surface area contributed by atoms with Crippen LogP contribution in [-0.2, 0) is 0 Å². The van der Waals surface area contributed by atoms with Gasteiger partial charge in [0.25, 0.3) is 0 Å². The van der Waals surface area contributed by atoms with Crippen molar-refractivity contribution in [3.63, 3.8) is 0 Å². The average Bonchev–Trinajstić information content (AvgIpc) is 2.55. The van der Waals surface area contributed by atoms with E-state index in [2.05, 4.69) is 4.98 Å². The summed E-state index contributed by atoms with van der Waals surface area (Å²) in [6.45, 7) is 0. The minimum Gasteiger partial charge on any atom is -0.493 e. The van der Waals surface area contributed by atoms with Gasteiger partial charge in [-0.1, -0.05) is 0 Å². The molecule has 6 heteroatoms. The number of nitrogens with zero attached hydrogens (tertiary/aromatic N) is 2. The third kappa shape index (κ3) is 3.28. The molecule has 0 spiro atoms. The van der Waals surface area contributed by atoms with Crippen molar-refractivity contribution in [3.8, 4) is 23.4 Å². The second-order valence-corrected chi connectivity index (χ2v) is 3.96. The molecule has 2 aromatic rings. The fourth-order valence-electron chi connectivity index (χ4n) is 1.60. The van der Waals surface area contributed by atoms with Crippen molar-refractivity contribution in [2.24, 2.45) is 0 Å². The van der Waals surface area contributed by atoms with Gasteiger partial charge in [0, 0.05) is 18.3 Å². The Morgan fingerprint density at radius 1 is 1.14 bits per heavy atom. The quantitative estimate of drug-likeness (QED) is 0.632. The Balaban J connectivity index is 2.20. The van der Waals surface area contributed by atoms with Crippen LogP contribution >= 0.6 is 0 Å². The zero-order valence-corrected chi connectivity index (χ0v) is 11.5. The molecule has 0 unspecified atom stereocenters. The second-order valence-electron chi connectivity index (χ2n) is 3.96. The van der Waals surface area contributed by atoms with E-state index in [4.69, 9.17) is 19.5 Å². The number of benzene rings is 1. The molecular weight excluding hydrogens is 272 g/mol. The fourth-order valence-corrected chi connectivity index (χ4v) is 1.60. The molecule has 0 fully saturated rings. The summed E-state index contributed by atoms with van der Waals surface area (Å²) in [4.78, 5) is 15.9. The molecule has 21 heavy (non-hydrogen) atoms. The molecule has 0 aliphatic heterocycles. The first-order chi connectivity index (χ1) is 10.2. The molecule has 0 N–H and O–H groups in total. The van der Waals surface area contributed by atoms with Crippen molar-refractivity contribution < 1.29 is 19.0 Å². The van der Waals surface area contributed by atoms with Gasteiger partial charge in [0.2, 0.25) is 5.88 Å². The van der Waals surface area contributed by atoms with Crippen molar-refractivity contribution in [1.82, 2.24) is 4.98 Å². The molecule has 0 aliphatic carbocycles. The van der Waals surface area contributed by atoms with E-state index in [1.54, 1.807) is 12.1 Å². The summed E-state index contributed by atoms with van der Waals surface area (Å²) in [6.07, 6.45) is 1.36. The van der Waals surface area contributed by atoms with E-state index in [9.17, 15) is 4.79 Å². The number of carbonyl (C=O) groups is 1. The molecule has 0 saturated carbocycles. The Labute approximate surface area is 121 Å². The van der Waals surface area contributed by atoms with E-state index in [1.807, 2.05) is 6.07 Å². The normalized spacial score (nSPS) is 9.57. The van der Waals surface area contributed by atoms with Crippen LogP contribution in [0.5, 0.6) is 17.4 Å². The van der Waals surface area contributed by atoms with Gasteiger partial charge in [-0.2, -0.15) is 5.26 Å². The van der Waals surface area contributed by atoms with Gasteiger partial charge in [-0.3, -0.25) is 0 Å². The summed E-state index contributed by atoms with van der Waals surface area (Å²) in [5.41, 5.74) is 0.694. The average molecular weight is 284 g/mol. The molecule has 2 rings (SSSR count). The molecule has 0 aliphatic rings. The summed E-state index contributed by atoms with van der Waals surface area (Å²) in [7, 11) is 2.92. The number of ether oxygens (including phenoxy) is 3. The Morgan fingerprint density at radius 3 is 2.52 bits per heavy atom. The van der Waals surface area contributed by atoms with Crippen molar-refractivity contribution in [2.45, 2.75) is 0 Å². The monoisotopic (exact) mass is 284 g/mol. The second kappa shape index (κ2) is 6.39. The van der Waals surface area contributed by atoms with Gasteiger partial charge in [-0.05, 0) is 18.2 Å². The summed E-state index contributed by atoms with van der Waals surface area (Å²) in [6, 6.07) is 9.63. The Hall–Kier alpha value is -3.07. The Bertz CT molecular complexity index is 690. The van der Waals surface area contributed by atoms with Crippen LogP contribution in [0.1, 0.15) is 15.9 Å². The number of hydrogen-bond acceptors (Lipinski definition) is 6. The zero-order valence-electron chi connectivity index (χ0n) is 11.5. The first-order valence-corrected chi connectivity index (χ1v) is 5.98. The van der Waals surface area contributed by atoms with Crippen molar-refractivity contribution in [1.29, 1.82) is 5.26 Å². The molecule has 6 nitrogen and oxygen atoms in total. The smallest absolute Gasteiger partial charge is 0.345 e.